The van der Waals surface area contributed by atoms with E-state index in [0.717, 1.165) is 28.6 Å². The van der Waals surface area contributed by atoms with Crippen LogP contribution in [0.15, 0.2) is 53.8 Å². The Morgan fingerprint density at radius 3 is 2.76 bits per heavy atom. The predicted octanol–water partition coefficient (Wildman–Crippen LogP) is 3.23. The number of nitrogens with zero attached hydrogens (tertiary/aromatic N) is 2. The number of aromatic hydroxyl groups is 1. The summed E-state index contributed by atoms with van der Waals surface area (Å²) in [4.78, 5) is 38.4. The number of H-pyrrole nitrogens is 1. The molecule has 0 saturated heterocycles. The smallest absolute Gasteiger partial charge is 0.407 e. The molecule has 0 bridgehead atoms. The van der Waals surface area contributed by atoms with Gasteiger partial charge in [0, 0.05) is 35.2 Å². The first kappa shape index (κ1) is 24.2. The standard InChI is InChI=1S/C23H25N5O6/c1-14(2)13-34-23(31)26-19(10-16-12-24-18-6-4-3-5-17(16)18)22(30)27-25-11-15-7-8-21(29)20(9-15)28(32)33/h3-9,11-12,14,19,24,29H,10,13H2,1-2H3,(H,26,31)(H,27,30)/b25-11-/t19-/m0/s1. The second-order valence-corrected chi connectivity index (χ2v) is 7.99. The summed E-state index contributed by atoms with van der Waals surface area (Å²) in [5, 5.41) is 27.8. The van der Waals surface area contributed by atoms with Crippen molar-refractivity contribution in [3.63, 3.8) is 0 Å². The normalized spacial score (nSPS) is 12.1. The third kappa shape index (κ3) is 6.31. The van der Waals surface area contributed by atoms with Gasteiger partial charge in [0.15, 0.2) is 5.75 Å². The number of alkyl carbamates (subject to hydrolysis) is 1. The van der Waals surface area contributed by atoms with Gasteiger partial charge < -0.3 is 20.1 Å². The topological polar surface area (TPSA) is 159 Å². The summed E-state index contributed by atoms with van der Waals surface area (Å²) < 4.78 is 5.15. The molecule has 11 nitrogen and oxygen atoms in total. The monoisotopic (exact) mass is 467 g/mol. The number of aromatic amines is 1. The molecule has 0 aliphatic carbocycles. The van der Waals surface area contributed by atoms with Crippen LogP contribution < -0.4 is 10.7 Å². The van der Waals surface area contributed by atoms with E-state index in [1.165, 1.54) is 12.3 Å². The molecule has 0 unspecified atom stereocenters. The molecule has 2 amide bonds. The van der Waals surface area contributed by atoms with Gasteiger partial charge in [0.05, 0.1) is 17.7 Å². The first-order chi connectivity index (χ1) is 16.2. The number of carbonyl (C=O) groups excluding carboxylic acids is 2. The van der Waals surface area contributed by atoms with Crippen molar-refractivity contribution in [1.29, 1.82) is 0 Å². The van der Waals surface area contributed by atoms with Crippen molar-refractivity contribution >= 4 is 34.8 Å². The Bertz CT molecular complexity index is 1220. The summed E-state index contributed by atoms with van der Waals surface area (Å²) in [6, 6.07) is 10.3. The summed E-state index contributed by atoms with van der Waals surface area (Å²) in [6.07, 6.45) is 2.41. The molecule has 0 fully saturated rings. The maximum absolute atomic E-state index is 12.8. The third-order valence-corrected chi connectivity index (χ3v) is 4.84. The van der Waals surface area contributed by atoms with Crippen molar-refractivity contribution < 1.29 is 24.4 Å². The van der Waals surface area contributed by atoms with Crippen LogP contribution in [-0.4, -0.2) is 45.9 Å². The number of hydrazone groups is 1. The number of rotatable bonds is 9. The Morgan fingerprint density at radius 1 is 1.26 bits per heavy atom. The first-order valence-corrected chi connectivity index (χ1v) is 10.5. The van der Waals surface area contributed by atoms with Crippen molar-refractivity contribution in [2.75, 3.05) is 6.61 Å². The molecule has 1 aromatic heterocycles. The van der Waals surface area contributed by atoms with Crippen molar-refractivity contribution in [1.82, 2.24) is 15.7 Å². The van der Waals surface area contributed by atoms with Crippen LogP contribution in [0.5, 0.6) is 5.75 Å². The van der Waals surface area contributed by atoms with Gasteiger partial charge in [-0.2, -0.15) is 5.10 Å². The Morgan fingerprint density at radius 2 is 2.03 bits per heavy atom. The number of nitro groups is 1. The zero-order valence-corrected chi connectivity index (χ0v) is 18.6. The number of para-hydroxylation sites is 1. The van der Waals surface area contributed by atoms with Crippen LogP contribution in [0.25, 0.3) is 10.9 Å². The molecule has 1 heterocycles. The molecule has 0 spiro atoms. The highest BCUT2D eigenvalue weighted by atomic mass is 16.6. The van der Waals surface area contributed by atoms with E-state index in [4.69, 9.17) is 4.74 Å². The number of nitro benzene ring substituents is 1. The molecular weight excluding hydrogens is 442 g/mol. The highest BCUT2D eigenvalue weighted by Gasteiger charge is 2.23. The van der Waals surface area contributed by atoms with Gasteiger partial charge in [0.2, 0.25) is 0 Å². The van der Waals surface area contributed by atoms with E-state index < -0.39 is 34.4 Å². The van der Waals surface area contributed by atoms with Gasteiger partial charge >= 0.3 is 11.8 Å². The largest absolute Gasteiger partial charge is 0.502 e. The van der Waals surface area contributed by atoms with E-state index >= 15 is 0 Å². The highest BCUT2D eigenvalue weighted by Crippen LogP contribution is 2.25. The summed E-state index contributed by atoms with van der Waals surface area (Å²) >= 11 is 0. The Labute approximate surface area is 195 Å². The molecular formula is C23H25N5O6. The van der Waals surface area contributed by atoms with E-state index in [0.29, 0.717) is 5.56 Å². The number of hydrogen-bond acceptors (Lipinski definition) is 7. The van der Waals surface area contributed by atoms with Gasteiger partial charge in [-0.1, -0.05) is 32.0 Å². The van der Waals surface area contributed by atoms with Crippen LogP contribution in [0.1, 0.15) is 25.0 Å². The van der Waals surface area contributed by atoms with Crippen LogP contribution in [0.4, 0.5) is 10.5 Å². The lowest BCUT2D eigenvalue weighted by Crippen LogP contribution is -2.47. The lowest BCUT2D eigenvalue weighted by Gasteiger charge is -2.17. The summed E-state index contributed by atoms with van der Waals surface area (Å²) in [5.74, 6) is -0.948. The zero-order chi connectivity index (χ0) is 24.7. The molecule has 0 aliphatic heterocycles. The molecule has 4 N–H and O–H groups in total. The Balaban J connectivity index is 1.74. The van der Waals surface area contributed by atoms with E-state index in [1.54, 1.807) is 6.20 Å². The number of phenols is 1. The highest BCUT2D eigenvalue weighted by molar-refractivity contribution is 5.89. The number of benzene rings is 2. The molecule has 2 aromatic carbocycles. The lowest BCUT2D eigenvalue weighted by atomic mass is 10.0. The Hall–Kier alpha value is -4.41. The number of aromatic nitrogens is 1. The molecule has 3 aromatic rings. The van der Waals surface area contributed by atoms with Crippen LogP contribution in [0.2, 0.25) is 0 Å². The SMILES string of the molecule is CC(C)COC(=O)N[C@@H](Cc1c[nH]c2ccccc12)C(=O)N/N=C\c1ccc(O)c([N+](=O)[O-])c1. The number of ether oxygens (including phenoxy) is 1. The van der Waals surface area contributed by atoms with Crippen molar-refractivity contribution in [3.8, 4) is 5.75 Å². The van der Waals surface area contributed by atoms with E-state index in [-0.39, 0.29) is 18.9 Å². The molecule has 178 valence electrons. The average Bonchev–Trinajstić information content (AvgIpc) is 3.21. The fraction of sp³-hybridized carbons (Fsp3) is 0.261. The van der Waals surface area contributed by atoms with Crippen LogP contribution in [0, 0.1) is 16.0 Å². The fourth-order valence-electron chi connectivity index (χ4n) is 3.17. The molecule has 0 aliphatic rings. The minimum Gasteiger partial charge on any atom is -0.502 e. The maximum atomic E-state index is 12.8. The van der Waals surface area contributed by atoms with E-state index in [2.05, 4.69) is 20.8 Å². The predicted molar refractivity (Wildman–Crippen MR) is 126 cm³/mol. The van der Waals surface area contributed by atoms with Crippen molar-refractivity contribution in [2.45, 2.75) is 26.3 Å². The minimum atomic E-state index is -0.995. The summed E-state index contributed by atoms with van der Waals surface area (Å²) in [7, 11) is 0. The van der Waals surface area contributed by atoms with Gasteiger partial charge in [-0.15, -0.1) is 0 Å². The van der Waals surface area contributed by atoms with E-state index in [9.17, 15) is 24.8 Å². The number of amides is 2. The molecule has 3 rings (SSSR count). The van der Waals surface area contributed by atoms with Gasteiger partial charge in [-0.25, -0.2) is 10.2 Å². The number of phenolic OH excluding ortho intramolecular Hbond substituents is 1. The molecule has 0 saturated carbocycles. The molecule has 11 heteroatoms. The van der Waals surface area contributed by atoms with Crippen LogP contribution >= 0.6 is 0 Å². The van der Waals surface area contributed by atoms with Crippen molar-refractivity contribution in [2.24, 2.45) is 11.0 Å². The number of nitrogens with one attached hydrogen (secondary N) is 3. The van der Waals surface area contributed by atoms with Crippen LogP contribution in [0.3, 0.4) is 0 Å². The summed E-state index contributed by atoms with van der Waals surface area (Å²) in [5.41, 5.74) is 3.86. The van der Waals surface area contributed by atoms with E-state index in [1.807, 2.05) is 38.1 Å². The fourth-order valence-corrected chi connectivity index (χ4v) is 3.17. The summed E-state index contributed by atoms with van der Waals surface area (Å²) in [6.45, 7) is 3.99. The quantitative estimate of drug-likeness (QED) is 0.215. The van der Waals surface area contributed by atoms with Gasteiger partial charge in [-0.05, 0) is 29.7 Å². The number of carbonyl (C=O) groups is 2. The van der Waals surface area contributed by atoms with Gasteiger partial charge in [-0.3, -0.25) is 14.9 Å². The minimum absolute atomic E-state index is 0.130. The van der Waals surface area contributed by atoms with Crippen LogP contribution in [-0.2, 0) is 16.0 Å². The average molecular weight is 467 g/mol. The second-order valence-electron chi connectivity index (χ2n) is 7.99. The maximum Gasteiger partial charge on any atom is 0.407 e. The van der Waals surface area contributed by atoms with Gasteiger partial charge in [0.1, 0.15) is 6.04 Å². The third-order valence-electron chi connectivity index (χ3n) is 4.84. The molecule has 1 atom stereocenters. The second kappa shape index (κ2) is 10.9. The molecule has 0 radical (unpaired) electrons. The molecule has 34 heavy (non-hydrogen) atoms. The Kier molecular flexibility index (Phi) is 7.80. The number of fused-ring (bicyclic) bond motifs is 1. The lowest BCUT2D eigenvalue weighted by molar-refractivity contribution is -0.385. The van der Waals surface area contributed by atoms with Crippen molar-refractivity contribution in [3.05, 3.63) is 69.9 Å². The first-order valence-electron chi connectivity index (χ1n) is 10.5. The van der Waals surface area contributed by atoms with Gasteiger partial charge in [0.25, 0.3) is 5.91 Å². The zero-order valence-electron chi connectivity index (χ0n) is 18.6. The number of hydrogen-bond donors (Lipinski definition) is 4.